The molecule has 53 heavy (non-hydrogen) atoms. The first-order chi connectivity index (χ1) is 25.0. The van der Waals surface area contributed by atoms with Gasteiger partial charge in [0.15, 0.2) is 0 Å². The van der Waals surface area contributed by atoms with Crippen molar-refractivity contribution in [2.24, 2.45) is 0 Å². The molecule has 0 N–H and O–H groups in total. The van der Waals surface area contributed by atoms with Gasteiger partial charge in [-0.1, -0.05) is 153 Å². The first-order valence-electron chi connectivity index (χ1n) is 20.0. The maximum atomic E-state index is 11.8. The molecular weight excluding hydrogens is 729 g/mol. The van der Waals surface area contributed by atoms with E-state index in [9.17, 15) is 25.9 Å². The van der Waals surface area contributed by atoms with Crippen molar-refractivity contribution >= 4 is 79.5 Å². The van der Waals surface area contributed by atoms with Crippen LogP contribution in [0.4, 0.5) is 0 Å². The number of aryl methyl sites for hydroxylation is 4. The fourth-order valence-corrected chi connectivity index (χ4v) is 8.71. The summed E-state index contributed by atoms with van der Waals surface area (Å²) < 4.78 is 71.0. The van der Waals surface area contributed by atoms with E-state index in [1.54, 1.807) is 0 Å². The molecule has 0 unspecified atom stereocenters. The van der Waals surface area contributed by atoms with Gasteiger partial charge in [0, 0.05) is 10.8 Å². The average molecular weight is 791 g/mol. The number of hydrogen-bond donors (Lipinski definition) is 0. The van der Waals surface area contributed by atoms with Gasteiger partial charge >= 0.3 is 37.7 Å². The molecular formula is C44H62CaO6S2. The van der Waals surface area contributed by atoms with Crippen molar-refractivity contribution in [3.8, 4) is 0 Å². The summed E-state index contributed by atoms with van der Waals surface area (Å²) in [7, 11) is -8.97. The Morgan fingerprint density at radius 3 is 0.981 bits per heavy atom. The van der Waals surface area contributed by atoms with Crippen LogP contribution in [0, 0.1) is 0 Å². The van der Waals surface area contributed by atoms with Gasteiger partial charge in [-0.25, -0.2) is 16.8 Å². The summed E-state index contributed by atoms with van der Waals surface area (Å²) >= 11 is 0. The van der Waals surface area contributed by atoms with E-state index >= 15 is 0 Å². The molecule has 9 heteroatoms. The number of rotatable bonds is 22. The van der Waals surface area contributed by atoms with Crippen molar-refractivity contribution in [2.75, 3.05) is 0 Å². The van der Waals surface area contributed by atoms with E-state index in [2.05, 4.69) is 27.7 Å². The minimum absolute atomic E-state index is 0. The topological polar surface area (TPSA) is 114 Å². The molecule has 0 aromatic heterocycles. The molecule has 4 rings (SSSR count). The third kappa shape index (κ3) is 15.2. The molecule has 4 aromatic carbocycles. The van der Waals surface area contributed by atoms with Crippen LogP contribution >= 0.6 is 0 Å². The summed E-state index contributed by atoms with van der Waals surface area (Å²) in [4.78, 5) is -0.119. The van der Waals surface area contributed by atoms with Gasteiger partial charge in [0.25, 0.3) is 0 Å². The summed E-state index contributed by atoms with van der Waals surface area (Å²) in [6, 6.07) is 18.6. The van der Waals surface area contributed by atoms with Crippen LogP contribution in [0.1, 0.15) is 153 Å². The predicted octanol–water partition coefficient (Wildman–Crippen LogP) is 11.6. The quantitative estimate of drug-likeness (QED) is 0.0445. The number of benzene rings is 4. The Kier molecular flexibility index (Phi) is 22.4. The van der Waals surface area contributed by atoms with Crippen molar-refractivity contribution < 1.29 is 25.9 Å². The van der Waals surface area contributed by atoms with Crippen LogP contribution in [0.15, 0.2) is 70.5 Å². The zero-order valence-corrected chi connectivity index (χ0v) is 36.7. The monoisotopic (exact) mass is 790 g/mol. The van der Waals surface area contributed by atoms with E-state index in [1.165, 1.54) is 63.5 Å². The van der Waals surface area contributed by atoms with Crippen LogP contribution in [0.25, 0.3) is 21.5 Å². The average Bonchev–Trinajstić information content (AvgIpc) is 3.11. The molecule has 0 saturated heterocycles. The van der Waals surface area contributed by atoms with E-state index in [4.69, 9.17) is 0 Å². The van der Waals surface area contributed by atoms with E-state index < -0.39 is 20.2 Å². The van der Waals surface area contributed by atoms with Gasteiger partial charge in [0.05, 0.1) is 9.79 Å². The Morgan fingerprint density at radius 1 is 0.396 bits per heavy atom. The second-order valence-corrected chi connectivity index (χ2v) is 17.0. The molecule has 0 aliphatic rings. The molecule has 0 amide bonds. The fraction of sp³-hybridized carbons (Fsp3) is 0.545. The van der Waals surface area contributed by atoms with Gasteiger partial charge in [-0.15, -0.1) is 0 Å². The molecule has 0 spiro atoms. The summed E-state index contributed by atoms with van der Waals surface area (Å²) in [6.07, 6.45) is 21.8. The van der Waals surface area contributed by atoms with E-state index in [0.29, 0.717) is 10.8 Å². The molecule has 0 fully saturated rings. The van der Waals surface area contributed by atoms with Crippen molar-refractivity contribution in [3.63, 3.8) is 0 Å². The van der Waals surface area contributed by atoms with Crippen LogP contribution in [-0.4, -0.2) is 63.7 Å². The Morgan fingerprint density at radius 2 is 0.698 bits per heavy atom. The SMILES string of the molecule is CCCCCCc1ccc(S(=O)(=O)[O-])c2c(CCCCCC)cccc12.CCCCCCc1ccc(S(=O)(=O)[O-])c2c(CCCCCC)cccc12.[Ca+2]. The smallest absolute Gasteiger partial charge is 0.744 e. The third-order valence-corrected chi connectivity index (χ3v) is 11.9. The minimum Gasteiger partial charge on any atom is -0.744 e. The second kappa shape index (κ2) is 24.9. The number of hydrogen-bond acceptors (Lipinski definition) is 6. The maximum Gasteiger partial charge on any atom is 2.00 e. The molecule has 288 valence electrons. The van der Waals surface area contributed by atoms with Crippen LogP contribution in [0.3, 0.4) is 0 Å². The zero-order valence-electron chi connectivity index (χ0n) is 32.9. The molecule has 6 nitrogen and oxygen atoms in total. The molecule has 0 atom stereocenters. The van der Waals surface area contributed by atoms with Gasteiger partial charge in [-0.3, -0.25) is 0 Å². The fourth-order valence-electron chi connectivity index (χ4n) is 7.25. The van der Waals surface area contributed by atoms with Crippen LogP contribution in [-0.2, 0) is 45.9 Å². The Balaban J connectivity index is 0.000000360. The Hall–Kier alpha value is -1.52. The van der Waals surface area contributed by atoms with E-state index in [-0.39, 0.29) is 47.5 Å². The van der Waals surface area contributed by atoms with E-state index in [1.807, 2.05) is 48.5 Å². The summed E-state index contributed by atoms with van der Waals surface area (Å²) in [5.74, 6) is 0. The normalized spacial score (nSPS) is 11.7. The van der Waals surface area contributed by atoms with Gasteiger partial charge < -0.3 is 9.11 Å². The second-order valence-electron chi connectivity index (χ2n) is 14.3. The summed E-state index contributed by atoms with van der Waals surface area (Å²) in [5.41, 5.74) is 4.28. The van der Waals surface area contributed by atoms with Crippen molar-refractivity contribution in [1.29, 1.82) is 0 Å². The van der Waals surface area contributed by atoms with Gasteiger partial charge in [0.1, 0.15) is 20.2 Å². The third-order valence-electron chi connectivity index (χ3n) is 10.1. The van der Waals surface area contributed by atoms with Crippen LogP contribution in [0.2, 0.25) is 0 Å². The van der Waals surface area contributed by atoms with Crippen LogP contribution in [0.5, 0.6) is 0 Å². The molecule has 0 saturated carbocycles. The molecule has 0 radical (unpaired) electrons. The molecule has 0 heterocycles. The molecule has 0 aliphatic carbocycles. The summed E-state index contributed by atoms with van der Waals surface area (Å²) in [6.45, 7) is 8.72. The van der Waals surface area contributed by atoms with Crippen molar-refractivity contribution in [3.05, 3.63) is 82.9 Å². The first kappa shape index (κ1) is 47.6. The zero-order chi connectivity index (χ0) is 38.0. The van der Waals surface area contributed by atoms with Crippen LogP contribution < -0.4 is 0 Å². The maximum absolute atomic E-state index is 11.8. The van der Waals surface area contributed by atoms with Crippen molar-refractivity contribution in [1.82, 2.24) is 0 Å². The van der Waals surface area contributed by atoms with Gasteiger partial charge in [0.2, 0.25) is 0 Å². The van der Waals surface area contributed by atoms with Gasteiger partial charge in [-0.05, 0) is 96.5 Å². The van der Waals surface area contributed by atoms with Gasteiger partial charge in [-0.2, -0.15) is 0 Å². The van der Waals surface area contributed by atoms with Crippen molar-refractivity contribution in [2.45, 2.75) is 166 Å². The largest absolute Gasteiger partial charge is 2.00 e. The Bertz CT molecular complexity index is 1770. The minimum atomic E-state index is -4.48. The number of fused-ring (bicyclic) bond motifs is 2. The summed E-state index contributed by atoms with van der Waals surface area (Å²) in [5, 5.41) is 3.19. The predicted molar refractivity (Wildman–Crippen MR) is 221 cm³/mol. The molecule has 4 aromatic rings. The first-order valence-corrected chi connectivity index (χ1v) is 22.8. The Labute approximate surface area is 351 Å². The van der Waals surface area contributed by atoms with E-state index in [0.717, 1.165) is 110 Å². The molecule has 0 bridgehead atoms. The number of unbranched alkanes of at least 4 members (excludes halogenated alkanes) is 12. The standard InChI is InChI=1S/2C22H32O3S.Ca/c2*1-3-5-7-9-12-18-16-17-21(26(23,24)25)22-19(13-10-8-6-4-2)14-11-15-20(18)22;/h2*11,14-17H,3-10,12-13H2,1-2H3,(H,23,24,25);/q;;+2/p-2. The molecule has 0 aliphatic heterocycles.